The van der Waals surface area contributed by atoms with Crippen molar-refractivity contribution < 1.29 is 14.3 Å². The van der Waals surface area contributed by atoms with Crippen LogP contribution in [-0.4, -0.2) is 19.1 Å². The highest BCUT2D eigenvalue weighted by Gasteiger charge is 2.17. The van der Waals surface area contributed by atoms with Gasteiger partial charge in [-0.3, -0.25) is 4.79 Å². The first-order valence-corrected chi connectivity index (χ1v) is 7.95. The maximum atomic E-state index is 12.4. The molecule has 120 valence electrons. The average Bonchev–Trinajstić information content (AvgIpc) is 2.56. The molecular weight excluding hydrogens is 337 g/mol. The number of hydrogen-bond donors (Lipinski definition) is 1. The number of ether oxygens (including phenoxy) is 2. The number of fused-ring (bicyclic) bond motifs is 1. The van der Waals surface area contributed by atoms with E-state index < -0.39 is 0 Å². The topological polar surface area (TPSA) is 47.6 Å². The first kappa shape index (κ1) is 16.0. The van der Waals surface area contributed by atoms with Gasteiger partial charge in [-0.05, 0) is 42.8 Å². The highest BCUT2D eigenvalue weighted by Crippen LogP contribution is 2.32. The Labute approximate surface area is 144 Å². The van der Waals surface area contributed by atoms with Crippen LogP contribution in [0.15, 0.2) is 36.4 Å². The molecule has 0 fully saturated rings. The molecule has 3 rings (SSSR count). The maximum Gasteiger partial charge on any atom is 0.253 e. The second-order valence-corrected chi connectivity index (χ2v) is 6.07. The summed E-state index contributed by atoms with van der Waals surface area (Å²) in [6, 6.07) is 10.2. The summed E-state index contributed by atoms with van der Waals surface area (Å²) in [7, 11) is 0. The Hall–Kier alpha value is -1.91. The molecule has 0 saturated carbocycles. The van der Waals surface area contributed by atoms with Crippen molar-refractivity contribution in [3.8, 4) is 11.5 Å². The van der Waals surface area contributed by atoms with Crippen molar-refractivity contribution in [3.05, 3.63) is 57.6 Å². The lowest BCUT2D eigenvalue weighted by Gasteiger charge is -2.21. The third-order valence-electron chi connectivity index (χ3n) is 3.59. The van der Waals surface area contributed by atoms with Crippen LogP contribution in [0, 0.1) is 0 Å². The minimum atomic E-state index is -0.278. The smallest absolute Gasteiger partial charge is 0.253 e. The Kier molecular flexibility index (Phi) is 4.64. The summed E-state index contributed by atoms with van der Waals surface area (Å²) in [5.41, 5.74) is 1.27. The molecule has 23 heavy (non-hydrogen) atoms. The Morgan fingerprint density at radius 1 is 1.09 bits per heavy atom. The Morgan fingerprint density at radius 3 is 2.61 bits per heavy atom. The van der Waals surface area contributed by atoms with E-state index in [1.165, 1.54) is 0 Å². The first-order valence-electron chi connectivity index (χ1n) is 7.20. The molecule has 1 aliphatic heterocycles. The third kappa shape index (κ3) is 3.54. The van der Waals surface area contributed by atoms with Gasteiger partial charge in [-0.25, -0.2) is 0 Å². The van der Waals surface area contributed by atoms with Crippen LogP contribution in [0.25, 0.3) is 0 Å². The lowest BCUT2D eigenvalue weighted by atomic mass is 10.1. The van der Waals surface area contributed by atoms with Crippen molar-refractivity contribution in [2.75, 3.05) is 13.2 Å². The van der Waals surface area contributed by atoms with E-state index in [-0.39, 0.29) is 11.9 Å². The normalized spacial score (nSPS) is 14.2. The van der Waals surface area contributed by atoms with Crippen molar-refractivity contribution in [2.24, 2.45) is 0 Å². The number of nitrogens with one attached hydrogen (secondary N) is 1. The molecule has 0 radical (unpaired) electrons. The fourth-order valence-corrected chi connectivity index (χ4v) is 2.73. The summed E-state index contributed by atoms with van der Waals surface area (Å²) in [6.07, 6.45) is 0. The van der Waals surface area contributed by atoms with Crippen molar-refractivity contribution in [3.63, 3.8) is 0 Å². The number of halogens is 2. The van der Waals surface area contributed by atoms with Crippen LogP contribution in [0.4, 0.5) is 0 Å². The highest BCUT2D eigenvalue weighted by atomic mass is 35.5. The Balaban J connectivity index is 1.77. The second-order valence-electron chi connectivity index (χ2n) is 5.22. The molecule has 0 saturated heterocycles. The van der Waals surface area contributed by atoms with Gasteiger partial charge < -0.3 is 14.8 Å². The number of carbonyl (C=O) groups excluding carboxylic acids is 1. The van der Waals surface area contributed by atoms with Crippen molar-refractivity contribution >= 4 is 29.1 Å². The van der Waals surface area contributed by atoms with E-state index in [0.29, 0.717) is 34.6 Å². The molecule has 1 unspecified atom stereocenters. The van der Waals surface area contributed by atoms with E-state index in [1.807, 2.05) is 25.1 Å². The van der Waals surface area contributed by atoms with Crippen molar-refractivity contribution in [1.29, 1.82) is 0 Å². The zero-order chi connectivity index (χ0) is 16.4. The molecule has 0 aliphatic carbocycles. The van der Waals surface area contributed by atoms with Gasteiger partial charge in [-0.2, -0.15) is 0 Å². The molecule has 6 heteroatoms. The van der Waals surface area contributed by atoms with Crippen molar-refractivity contribution in [2.45, 2.75) is 13.0 Å². The fourth-order valence-electron chi connectivity index (χ4n) is 2.36. The average molecular weight is 352 g/mol. The predicted molar refractivity (Wildman–Crippen MR) is 89.8 cm³/mol. The molecule has 1 heterocycles. The van der Waals surface area contributed by atoms with Gasteiger partial charge in [0.2, 0.25) is 0 Å². The summed E-state index contributed by atoms with van der Waals surface area (Å²) >= 11 is 12.0. The molecule has 1 atom stereocenters. The largest absolute Gasteiger partial charge is 0.486 e. The monoisotopic (exact) mass is 351 g/mol. The number of carbonyl (C=O) groups is 1. The lowest BCUT2D eigenvalue weighted by Crippen LogP contribution is -2.27. The summed E-state index contributed by atoms with van der Waals surface area (Å²) < 4.78 is 11.1. The molecule has 1 aliphatic rings. The standard InChI is InChI=1S/C17H15Cl2NO3/c1-10(11-2-5-15-16(8-11)23-7-6-22-15)20-17(21)13-9-12(18)3-4-14(13)19/h2-5,8-10H,6-7H2,1H3,(H,20,21). The SMILES string of the molecule is CC(NC(=O)c1cc(Cl)ccc1Cl)c1ccc2c(c1)OCCO2. The van der Waals surface area contributed by atoms with Gasteiger partial charge in [0, 0.05) is 5.02 Å². The zero-order valence-electron chi connectivity index (χ0n) is 12.4. The van der Waals surface area contributed by atoms with E-state index in [2.05, 4.69) is 5.32 Å². The number of rotatable bonds is 3. The van der Waals surface area contributed by atoms with Gasteiger partial charge in [-0.1, -0.05) is 29.3 Å². The first-order chi connectivity index (χ1) is 11.0. The summed E-state index contributed by atoms with van der Waals surface area (Å²) in [4.78, 5) is 12.4. The van der Waals surface area contributed by atoms with Gasteiger partial charge in [0.15, 0.2) is 11.5 Å². The molecule has 0 spiro atoms. The minimum Gasteiger partial charge on any atom is -0.486 e. The Morgan fingerprint density at radius 2 is 1.83 bits per heavy atom. The molecule has 1 N–H and O–H groups in total. The number of benzene rings is 2. The van der Waals surface area contributed by atoms with Gasteiger partial charge >= 0.3 is 0 Å². The molecule has 2 aromatic carbocycles. The highest BCUT2D eigenvalue weighted by molar-refractivity contribution is 6.35. The van der Waals surface area contributed by atoms with Gasteiger partial charge in [0.1, 0.15) is 13.2 Å². The van der Waals surface area contributed by atoms with E-state index in [0.717, 1.165) is 11.3 Å². The van der Waals surface area contributed by atoms with Crippen molar-refractivity contribution in [1.82, 2.24) is 5.32 Å². The van der Waals surface area contributed by atoms with Crippen LogP contribution >= 0.6 is 23.2 Å². The predicted octanol–water partition coefficient (Wildman–Crippen LogP) is 4.26. The van der Waals surface area contributed by atoms with Crippen LogP contribution in [0.2, 0.25) is 10.0 Å². The molecule has 0 aromatic heterocycles. The molecule has 1 amide bonds. The van der Waals surface area contributed by atoms with Crippen LogP contribution in [0.5, 0.6) is 11.5 Å². The van der Waals surface area contributed by atoms with E-state index in [9.17, 15) is 4.79 Å². The minimum absolute atomic E-state index is 0.214. The third-order valence-corrected chi connectivity index (χ3v) is 4.15. The lowest BCUT2D eigenvalue weighted by molar-refractivity contribution is 0.0940. The van der Waals surface area contributed by atoms with Crippen LogP contribution < -0.4 is 14.8 Å². The van der Waals surface area contributed by atoms with Gasteiger partial charge in [0.05, 0.1) is 16.6 Å². The summed E-state index contributed by atoms with van der Waals surface area (Å²) in [6.45, 7) is 2.96. The van der Waals surface area contributed by atoms with E-state index >= 15 is 0 Å². The Bertz CT molecular complexity index is 749. The summed E-state index contributed by atoms with van der Waals surface area (Å²) in [5.74, 6) is 1.13. The van der Waals surface area contributed by atoms with Gasteiger partial charge in [-0.15, -0.1) is 0 Å². The summed E-state index contributed by atoms with van der Waals surface area (Å²) in [5, 5.41) is 3.74. The zero-order valence-corrected chi connectivity index (χ0v) is 13.9. The van der Waals surface area contributed by atoms with Crippen LogP contribution in [0.3, 0.4) is 0 Å². The second kappa shape index (κ2) is 6.69. The fraction of sp³-hybridized carbons (Fsp3) is 0.235. The van der Waals surface area contributed by atoms with E-state index in [1.54, 1.807) is 18.2 Å². The van der Waals surface area contributed by atoms with Crippen LogP contribution in [0.1, 0.15) is 28.9 Å². The molecular formula is C17H15Cl2NO3. The van der Waals surface area contributed by atoms with Crippen LogP contribution in [-0.2, 0) is 0 Å². The maximum absolute atomic E-state index is 12.4. The molecule has 0 bridgehead atoms. The molecule has 4 nitrogen and oxygen atoms in total. The van der Waals surface area contributed by atoms with Gasteiger partial charge in [0.25, 0.3) is 5.91 Å². The quantitative estimate of drug-likeness (QED) is 0.898. The number of hydrogen-bond acceptors (Lipinski definition) is 3. The van der Waals surface area contributed by atoms with E-state index in [4.69, 9.17) is 32.7 Å². The number of amides is 1. The molecule has 2 aromatic rings.